The van der Waals surface area contributed by atoms with E-state index in [1.54, 1.807) is 14.2 Å². The van der Waals surface area contributed by atoms with Crippen LogP contribution >= 0.6 is 0 Å². The van der Waals surface area contributed by atoms with Gasteiger partial charge < -0.3 is 23.7 Å². The number of benzene rings is 1. The third-order valence-electron chi connectivity index (χ3n) is 6.88. The summed E-state index contributed by atoms with van der Waals surface area (Å²) in [6, 6.07) is 14.2. The van der Waals surface area contributed by atoms with E-state index < -0.39 is 0 Å². The van der Waals surface area contributed by atoms with Crippen LogP contribution in [0.25, 0.3) is 27.7 Å². The van der Waals surface area contributed by atoms with Gasteiger partial charge in [0.05, 0.1) is 36.3 Å². The number of carbonyl (C=O) groups excluding carboxylic acids is 1. The number of hydrogen-bond donors (Lipinski definition) is 0. The van der Waals surface area contributed by atoms with Gasteiger partial charge in [0.25, 0.3) is 5.91 Å². The summed E-state index contributed by atoms with van der Waals surface area (Å²) in [5, 5.41) is 0. The fourth-order valence-electron chi connectivity index (χ4n) is 4.87. The van der Waals surface area contributed by atoms with Crippen LogP contribution in [0, 0.1) is 0 Å². The maximum Gasteiger partial charge on any atom is 0.255 e. The first-order valence-corrected chi connectivity index (χ1v) is 12.1. The zero-order valence-electron chi connectivity index (χ0n) is 21.1. The Labute approximate surface area is 202 Å². The smallest absolute Gasteiger partial charge is 0.255 e. The van der Waals surface area contributed by atoms with Gasteiger partial charge in [-0.3, -0.25) is 4.79 Å². The summed E-state index contributed by atoms with van der Waals surface area (Å²) < 4.78 is 13.2. The molecule has 180 valence electrons. The van der Waals surface area contributed by atoms with Crippen LogP contribution in [0.1, 0.15) is 36.7 Å². The maximum absolute atomic E-state index is 13.8. The van der Waals surface area contributed by atoms with Gasteiger partial charge in [-0.15, -0.1) is 0 Å². The van der Waals surface area contributed by atoms with Crippen molar-refractivity contribution >= 4 is 22.5 Å². The molecule has 4 rings (SSSR count). The molecule has 1 aromatic carbocycles. The Kier molecular flexibility index (Phi) is 6.98. The molecule has 0 fully saturated rings. The average molecular weight is 462 g/mol. The molecular formula is C28H35N3O3. The number of methoxy groups -OCH3 is 2. The molecule has 0 unspecified atom stereocenters. The van der Waals surface area contributed by atoms with Crippen molar-refractivity contribution in [2.45, 2.75) is 27.2 Å². The van der Waals surface area contributed by atoms with Crippen molar-refractivity contribution < 1.29 is 14.3 Å². The van der Waals surface area contributed by atoms with Crippen molar-refractivity contribution in [3.05, 3.63) is 53.6 Å². The van der Waals surface area contributed by atoms with Crippen LogP contribution in [0.4, 0.5) is 0 Å². The van der Waals surface area contributed by atoms with Crippen LogP contribution in [0.3, 0.4) is 0 Å². The molecule has 1 amide bonds. The number of nitrogens with zero attached hydrogens (tertiary/aromatic N) is 3. The Hall–Kier alpha value is -3.25. The largest absolute Gasteiger partial charge is 0.497 e. The van der Waals surface area contributed by atoms with Crippen LogP contribution in [0.15, 0.2) is 42.5 Å². The van der Waals surface area contributed by atoms with Gasteiger partial charge in [0.1, 0.15) is 11.5 Å². The van der Waals surface area contributed by atoms with E-state index in [9.17, 15) is 4.79 Å². The molecule has 6 nitrogen and oxygen atoms in total. The fourth-order valence-corrected chi connectivity index (χ4v) is 4.87. The number of rotatable bonds is 10. The Balaban J connectivity index is 1.89. The van der Waals surface area contributed by atoms with E-state index in [4.69, 9.17) is 9.47 Å². The van der Waals surface area contributed by atoms with E-state index in [0.717, 1.165) is 70.8 Å². The predicted molar refractivity (Wildman–Crippen MR) is 139 cm³/mol. The first-order valence-electron chi connectivity index (χ1n) is 12.1. The van der Waals surface area contributed by atoms with Gasteiger partial charge in [-0.05, 0) is 48.8 Å². The SMILES string of the molecule is CCc1c(-c2ccc(OC)cc2)c2c(C(=O)N(C)CCN(CC)CC)cc3cc(OC)cc1n32. The number of ether oxygens (including phenoxy) is 2. The van der Waals surface area contributed by atoms with Crippen LogP contribution < -0.4 is 9.47 Å². The minimum atomic E-state index is 0.0409. The van der Waals surface area contributed by atoms with Crippen molar-refractivity contribution in [3.63, 3.8) is 0 Å². The molecule has 0 radical (unpaired) electrons. The molecule has 0 N–H and O–H groups in total. The van der Waals surface area contributed by atoms with Crippen molar-refractivity contribution in [2.75, 3.05) is 47.4 Å². The molecule has 0 aliphatic heterocycles. The minimum Gasteiger partial charge on any atom is -0.497 e. The normalized spacial score (nSPS) is 11.6. The van der Waals surface area contributed by atoms with Gasteiger partial charge in [0.2, 0.25) is 0 Å². The van der Waals surface area contributed by atoms with E-state index in [1.807, 2.05) is 36.2 Å². The third-order valence-corrected chi connectivity index (χ3v) is 6.88. The van der Waals surface area contributed by atoms with Crippen molar-refractivity contribution in [2.24, 2.45) is 0 Å². The van der Waals surface area contributed by atoms with Crippen molar-refractivity contribution in [1.82, 2.24) is 14.2 Å². The monoisotopic (exact) mass is 461 g/mol. The molecular weight excluding hydrogens is 426 g/mol. The third kappa shape index (κ3) is 4.07. The molecule has 3 heterocycles. The molecule has 0 bridgehead atoms. The molecule has 4 aromatic rings. The molecule has 3 aromatic heterocycles. The first-order chi connectivity index (χ1) is 16.5. The highest BCUT2D eigenvalue weighted by molar-refractivity contribution is 6.10. The van der Waals surface area contributed by atoms with E-state index in [1.165, 1.54) is 5.56 Å². The molecule has 0 aliphatic rings. The zero-order chi connectivity index (χ0) is 24.4. The quantitative estimate of drug-likeness (QED) is 0.326. The maximum atomic E-state index is 13.8. The molecule has 0 saturated heterocycles. The number of aryl methyl sites for hydroxylation is 1. The number of likely N-dealkylation sites (N-methyl/N-ethyl adjacent to an activating group) is 2. The Morgan fingerprint density at radius 2 is 1.59 bits per heavy atom. The Bertz CT molecular complexity index is 1270. The van der Waals surface area contributed by atoms with E-state index >= 15 is 0 Å². The van der Waals surface area contributed by atoms with Crippen molar-refractivity contribution in [1.29, 1.82) is 0 Å². The lowest BCUT2D eigenvalue weighted by atomic mass is 9.98. The molecule has 0 aliphatic carbocycles. The lowest BCUT2D eigenvalue weighted by Crippen LogP contribution is -2.36. The average Bonchev–Trinajstić information content (AvgIpc) is 3.41. The Morgan fingerprint density at radius 1 is 0.912 bits per heavy atom. The second kappa shape index (κ2) is 9.94. The Morgan fingerprint density at radius 3 is 2.18 bits per heavy atom. The fraction of sp³-hybridized carbons (Fsp3) is 0.393. The van der Waals surface area contributed by atoms with Crippen molar-refractivity contribution in [3.8, 4) is 22.6 Å². The highest BCUT2D eigenvalue weighted by Gasteiger charge is 2.26. The number of amides is 1. The highest BCUT2D eigenvalue weighted by Crippen LogP contribution is 2.41. The summed E-state index contributed by atoms with van der Waals surface area (Å²) in [7, 11) is 5.25. The van der Waals surface area contributed by atoms with Gasteiger partial charge in [0, 0.05) is 37.8 Å². The second-order valence-electron chi connectivity index (χ2n) is 8.64. The van der Waals surface area contributed by atoms with Gasteiger partial charge in [-0.2, -0.15) is 0 Å². The highest BCUT2D eigenvalue weighted by atomic mass is 16.5. The number of carbonyl (C=O) groups is 1. The van der Waals surface area contributed by atoms with E-state index in [-0.39, 0.29) is 5.91 Å². The lowest BCUT2D eigenvalue weighted by molar-refractivity contribution is 0.0782. The minimum absolute atomic E-state index is 0.0409. The van der Waals surface area contributed by atoms with Gasteiger partial charge in [0.15, 0.2) is 0 Å². The lowest BCUT2D eigenvalue weighted by Gasteiger charge is -2.23. The first kappa shape index (κ1) is 23.9. The summed E-state index contributed by atoms with van der Waals surface area (Å²) >= 11 is 0. The summed E-state index contributed by atoms with van der Waals surface area (Å²) in [6.45, 7) is 9.97. The van der Waals surface area contributed by atoms with Gasteiger partial charge in [-0.25, -0.2) is 0 Å². The summed E-state index contributed by atoms with van der Waals surface area (Å²) in [6.07, 6.45) is 0.844. The van der Waals surface area contributed by atoms with Crippen LogP contribution in [-0.4, -0.2) is 67.6 Å². The number of hydrogen-bond acceptors (Lipinski definition) is 4. The summed E-state index contributed by atoms with van der Waals surface area (Å²) in [4.78, 5) is 17.9. The standard InChI is InChI=1S/C28H35N3O3/c1-7-23-25-18-22(34-6)16-20-17-24(28(32)29(4)14-15-30(8-2)9-3)27(31(20)25)26(23)19-10-12-21(33-5)13-11-19/h10-13,16-18H,7-9,14-15H2,1-6H3. The molecule has 34 heavy (non-hydrogen) atoms. The zero-order valence-corrected chi connectivity index (χ0v) is 21.1. The molecule has 0 atom stereocenters. The van der Waals surface area contributed by atoms with Crippen LogP contribution in [-0.2, 0) is 6.42 Å². The summed E-state index contributed by atoms with van der Waals surface area (Å²) in [5.41, 5.74) is 7.15. The predicted octanol–water partition coefficient (Wildman–Crippen LogP) is 5.19. The summed E-state index contributed by atoms with van der Waals surface area (Å²) in [5.74, 6) is 1.65. The van der Waals surface area contributed by atoms with Crippen LogP contribution in [0.5, 0.6) is 11.5 Å². The topological polar surface area (TPSA) is 46.4 Å². The molecule has 0 spiro atoms. The number of pyridine rings is 1. The number of aromatic nitrogens is 1. The second-order valence-corrected chi connectivity index (χ2v) is 8.64. The van der Waals surface area contributed by atoms with E-state index in [0.29, 0.717) is 6.54 Å². The van der Waals surface area contributed by atoms with Gasteiger partial charge in [-0.1, -0.05) is 32.9 Å². The molecule has 0 saturated carbocycles. The van der Waals surface area contributed by atoms with Crippen LogP contribution in [0.2, 0.25) is 0 Å². The van der Waals surface area contributed by atoms with E-state index in [2.05, 4.69) is 48.3 Å². The molecule has 6 heteroatoms. The van der Waals surface area contributed by atoms with Gasteiger partial charge >= 0.3 is 0 Å².